The quantitative estimate of drug-likeness (QED) is 0.0824. The highest BCUT2D eigenvalue weighted by atomic mass is 32.2. The molecule has 4 rings (SSSR count). The van der Waals surface area contributed by atoms with Gasteiger partial charge in [0.2, 0.25) is 10.0 Å². The Labute approximate surface area is 270 Å². The fourth-order valence-electron chi connectivity index (χ4n) is 4.56. The molecule has 0 atom stereocenters. The Morgan fingerprint density at radius 3 is 1.96 bits per heavy atom. The first-order chi connectivity index (χ1) is 21.9. The molecule has 0 aliphatic carbocycles. The van der Waals surface area contributed by atoms with Gasteiger partial charge in [-0.2, -0.15) is 26.3 Å². The normalized spacial score (nSPS) is 12.9. The van der Waals surface area contributed by atoms with Gasteiger partial charge in [0, 0.05) is 30.2 Å². The SMILES string of the molecule is CCN(CC)S(=O)(=O)c1ccc(/N=N/c2cc(C)c(/N=N/c3c(S(=O)(=O)O)cc4cc(S(=O)(=O)O)cc(N)c4c3O)cc2OC)cc1. The fourth-order valence-corrected chi connectivity index (χ4v) is 7.23. The summed E-state index contributed by atoms with van der Waals surface area (Å²) in [6.07, 6.45) is 0. The van der Waals surface area contributed by atoms with Gasteiger partial charge in [0.1, 0.15) is 22.0 Å². The van der Waals surface area contributed by atoms with Crippen molar-refractivity contribution in [3.8, 4) is 11.5 Å². The first kappa shape index (κ1) is 35.3. The molecule has 0 heterocycles. The average Bonchev–Trinajstić information content (AvgIpc) is 2.99. The van der Waals surface area contributed by atoms with Crippen molar-refractivity contribution in [2.75, 3.05) is 25.9 Å². The number of anilines is 1. The lowest BCUT2D eigenvalue weighted by Gasteiger charge is -2.18. The highest BCUT2D eigenvalue weighted by Crippen LogP contribution is 2.45. The highest BCUT2D eigenvalue weighted by molar-refractivity contribution is 7.89. The summed E-state index contributed by atoms with van der Waals surface area (Å²) in [6.45, 7) is 5.78. The molecule has 0 bridgehead atoms. The number of rotatable bonds is 11. The van der Waals surface area contributed by atoms with Crippen LogP contribution < -0.4 is 10.5 Å². The van der Waals surface area contributed by atoms with E-state index in [1.165, 1.54) is 47.8 Å². The van der Waals surface area contributed by atoms with Gasteiger partial charge in [-0.1, -0.05) is 13.8 Å². The molecule has 0 aliphatic rings. The Kier molecular flexibility index (Phi) is 9.99. The van der Waals surface area contributed by atoms with Gasteiger partial charge < -0.3 is 15.6 Å². The number of azo groups is 2. The fraction of sp³-hybridized carbons (Fsp3) is 0.214. The summed E-state index contributed by atoms with van der Waals surface area (Å²) in [5.41, 5.74) is 6.09. The number of nitrogens with two attached hydrogens (primary N) is 1. The molecule has 4 aromatic carbocycles. The maximum absolute atomic E-state index is 12.7. The number of hydrogen-bond acceptors (Lipinski definition) is 13. The van der Waals surface area contributed by atoms with E-state index in [1.54, 1.807) is 20.8 Å². The molecule has 0 radical (unpaired) electrons. The van der Waals surface area contributed by atoms with Crippen LogP contribution in [-0.2, 0) is 30.3 Å². The number of fused-ring (bicyclic) bond motifs is 1. The lowest BCUT2D eigenvalue weighted by Crippen LogP contribution is -2.30. The van der Waals surface area contributed by atoms with Gasteiger partial charge in [-0.15, -0.1) is 15.3 Å². The summed E-state index contributed by atoms with van der Waals surface area (Å²) in [5, 5.41) is 26.8. The number of methoxy groups -OCH3 is 1. The molecular weight excluding hydrogens is 677 g/mol. The molecule has 0 aliphatic heterocycles. The van der Waals surface area contributed by atoms with Crippen molar-refractivity contribution in [1.29, 1.82) is 0 Å². The Hall–Kier alpha value is -4.53. The number of nitrogens with zero attached hydrogens (tertiary/aromatic N) is 5. The number of hydrogen-bond donors (Lipinski definition) is 4. The summed E-state index contributed by atoms with van der Waals surface area (Å²) in [5.74, 6) is -0.655. The van der Waals surface area contributed by atoms with E-state index < -0.39 is 51.5 Å². The minimum atomic E-state index is -5.05. The van der Waals surface area contributed by atoms with Crippen molar-refractivity contribution in [1.82, 2.24) is 4.31 Å². The zero-order chi connectivity index (χ0) is 34.9. The number of aromatic hydroxyl groups is 1. The summed E-state index contributed by atoms with van der Waals surface area (Å²) < 4.78 is 99.1. The molecule has 16 nitrogen and oxygen atoms in total. The second-order valence-corrected chi connectivity index (χ2v) is 14.7. The van der Waals surface area contributed by atoms with Crippen LogP contribution in [0.1, 0.15) is 19.4 Å². The average molecular weight is 707 g/mol. The lowest BCUT2D eigenvalue weighted by atomic mass is 10.1. The van der Waals surface area contributed by atoms with Gasteiger partial charge in [0.15, 0.2) is 5.75 Å². The van der Waals surface area contributed by atoms with Crippen LogP contribution in [-0.4, -0.2) is 64.0 Å². The van der Waals surface area contributed by atoms with Crippen molar-refractivity contribution in [2.24, 2.45) is 20.5 Å². The van der Waals surface area contributed by atoms with Crippen molar-refractivity contribution >= 4 is 69.5 Å². The zero-order valence-corrected chi connectivity index (χ0v) is 27.8. The second kappa shape index (κ2) is 13.3. The summed E-state index contributed by atoms with van der Waals surface area (Å²) in [7, 11) is -12.1. The van der Waals surface area contributed by atoms with Crippen LogP contribution in [0.15, 0.2) is 89.7 Å². The van der Waals surface area contributed by atoms with Crippen molar-refractivity contribution in [3.05, 3.63) is 60.2 Å². The molecule has 0 fully saturated rings. The van der Waals surface area contributed by atoms with E-state index in [2.05, 4.69) is 20.5 Å². The van der Waals surface area contributed by atoms with Crippen LogP contribution in [0.5, 0.6) is 11.5 Å². The highest BCUT2D eigenvalue weighted by Gasteiger charge is 2.25. The molecule has 0 saturated heterocycles. The van der Waals surface area contributed by atoms with Crippen molar-refractivity contribution < 1.29 is 44.2 Å². The van der Waals surface area contributed by atoms with Crippen LogP contribution in [0.25, 0.3) is 10.8 Å². The van der Waals surface area contributed by atoms with E-state index in [1.807, 2.05) is 0 Å². The molecule has 19 heteroatoms. The number of aryl methyl sites for hydroxylation is 1. The number of benzene rings is 4. The Morgan fingerprint density at radius 2 is 1.40 bits per heavy atom. The third kappa shape index (κ3) is 7.39. The Morgan fingerprint density at radius 1 is 0.787 bits per heavy atom. The molecule has 0 spiro atoms. The van der Waals surface area contributed by atoms with E-state index in [-0.39, 0.29) is 38.5 Å². The largest absolute Gasteiger partial charge is 0.505 e. The molecule has 47 heavy (non-hydrogen) atoms. The minimum Gasteiger partial charge on any atom is -0.505 e. The Bertz CT molecular complexity index is 2250. The van der Waals surface area contributed by atoms with Crippen LogP contribution >= 0.6 is 0 Å². The molecule has 0 saturated carbocycles. The summed E-state index contributed by atoms with van der Waals surface area (Å²) in [6, 6.07) is 11.3. The van der Waals surface area contributed by atoms with E-state index in [4.69, 9.17) is 10.5 Å². The predicted octanol–water partition coefficient (Wildman–Crippen LogP) is 5.80. The number of phenols is 1. The molecule has 5 N–H and O–H groups in total. The molecule has 4 aromatic rings. The maximum atomic E-state index is 12.7. The van der Waals surface area contributed by atoms with Crippen LogP contribution in [0, 0.1) is 6.92 Å². The predicted molar refractivity (Wildman–Crippen MR) is 172 cm³/mol. The Balaban J connectivity index is 1.72. The maximum Gasteiger partial charge on any atom is 0.296 e. The van der Waals surface area contributed by atoms with E-state index >= 15 is 0 Å². The van der Waals surface area contributed by atoms with E-state index in [0.717, 1.165) is 18.2 Å². The summed E-state index contributed by atoms with van der Waals surface area (Å²) in [4.78, 5) is -1.47. The first-order valence-corrected chi connectivity index (χ1v) is 17.9. The molecular formula is C28H30N6O10S3. The number of nitrogen functional groups attached to an aromatic ring is 1. The third-order valence-corrected chi connectivity index (χ3v) is 10.7. The molecule has 0 aromatic heterocycles. The second-order valence-electron chi connectivity index (χ2n) is 9.93. The first-order valence-electron chi connectivity index (χ1n) is 13.6. The third-order valence-electron chi connectivity index (χ3n) is 6.94. The number of ether oxygens (including phenoxy) is 1. The molecule has 0 amide bonds. The van der Waals surface area contributed by atoms with Gasteiger partial charge in [-0.05, 0) is 66.4 Å². The van der Waals surface area contributed by atoms with Crippen LogP contribution in [0.3, 0.4) is 0 Å². The summed E-state index contributed by atoms with van der Waals surface area (Å²) >= 11 is 0. The molecule has 0 unspecified atom stereocenters. The van der Waals surface area contributed by atoms with Gasteiger partial charge in [0.25, 0.3) is 20.2 Å². The standard InChI is InChI=1S/C28H30N6O10S3/c1-5-34(6-2)45(36,37)19-9-7-18(8-10-19)30-32-23-11-16(3)22(15-24(23)44-4)31-33-27-25(47(41,42)43)13-17-12-20(46(38,39)40)14-21(29)26(17)28(27)35/h7-15,35H,5-6,29H2,1-4H3,(H,38,39,40)(H,41,42,43)/b32-30+,33-31+. The van der Waals surface area contributed by atoms with Gasteiger partial charge >= 0.3 is 0 Å². The van der Waals surface area contributed by atoms with E-state index in [0.29, 0.717) is 24.3 Å². The van der Waals surface area contributed by atoms with Gasteiger partial charge in [-0.3, -0.25) is 9.11 Å². The van der Waals surface area contributed by atoms with Gasteiger partial charge in [-0.25, -0.2) is 8.42 Å². The van der Waals surface area contributed by atoms with Crippen LogP contribution in [0.4, 0.5) is 28.4 Å². The van der Waals surface area contributed by atoms with Crippen molar-refractivity contribution in [2.45, 2.75) is 35.5 Å². The number of sulfonamides is 1. The van der Waals surface area contributed by atoms with Gasteiger partial charge in [0.05, 0.1) is 28.3 Å². The minimum absolute atomic E-state index is 0.114. The topological polar surface area (TPSA) is 251 Å². The van der Waals surface area contributed by atoms with E-state index in [9.17, 15) is 39.5 Å². The number of phenolic OH excluding ortho intramolecular Hbond substituents is 1. The van der Waals surface area contributed by atoms with Crippen molar-refractivity contribution in [3.63, 3.8) is 0 Å². The lowest BCUT2D eigenvalue weighted by molar-refractivity contribution is 0.416. The van der Waals surface area contributed by atoms with Crippen LogP contribution in [0.2, 0.25) is 0 Å². The smallest absolute Gasteiger partial charge is 0.296 e. The monoisotopic (exact) mass is 706 g/mol. The molecule has 250 valence electrons. The zero-order valence-electron chi connectivity index (χ0n) is 25.3.